The third kappa shape index (κ3) is 0.651. The third-order valence-corrected chi connectivity index (χ3v) is 0.835. The van der Waals surface area contributed by atoms with E-state index in [1.54, 1.807) is 0 Å². The normalized spacial score (nSPS) is 33.6. The quantitative estimate of drug-likeness (QED) is 0.484. The Labute approximate surface area is 46.8 Å². The molecular weight excluding hydrogens is 104 g/mol. The van der Waals surface area contributed by atoms with Crippen LogP contribution in [0.3, 0.4) is 0 Å². The summed E-state index contributed by atoms with van der Waals surface area (Å²) in [5.74, 6) is -0.972. The highest BCUT2D eigenvalue weighted by Gasteiger charge is 2.19. The van der Waals surface area contributed by atoms with Gasteiger partial charge in [-0.2, -0.15) is 0 Å². The molecule has 0 aliphatic carbocycles. The highest BCUT2D eigenvalue weighted by atomic mass is 15.4. The van der Waals surface area contributed by atoms with E-state index < -0.39 is 5.79 Å². The molecule has 0 aromatic heterocycles. The number of aliphatic imine (C=N–C) groups is 1. The van der Waals surface area contributed by atoms with Gasteiger partial charge in [0.05, 0.1) is 0 Å². The minimum atomic E-state index is -0.972. The zero-order valence-corrected chi connectivity index (χ0v) is 4.28. The largest absolute Gasteiger partial charge is 0.283 e. The Bertz CT molecular complexity index is 145. The molecule has 42 valence electrons. The maximum Gasteiger partial charge on any atom is 0.242 e. The lowest BCUT2D eigenvalue weighted by Gasteiger charge is -2.05. The molecule has 0 bridgehead atoms. The summed E-state index contributed by atoms with van der Waals surface area (Å²) < 4.78 is 0. The van der Waals surface area contributed by atoms with Crippen LogP contribution in [-0.4, -0.2) is 12.1 Å². The van der Waals surface area contributed by atoms with Crippen molar-refractivity contribution < 1.29 is 0 Å². The molecule has 0 saturated heterocycles. The van der Waals surface area contributed by atoms with Crippen LogP contribution in [0, 0.1) is 0 Å². The number of nitrogens with two attached hydrogens (primary N) is 1. The third-order valence-electron chi connectivity index (χ3n) is 0.835. The molecule has 4 heteroatoms. The Hall–Kier alpha value is -1.03. The second-order valence-corrected chi connectivity index (χ2v) is 1.45. The van der Waals surface area contributed by atoms with Crippen LogP contribution in [-0.2, 0) is 0 Å². The molecule has 1 rings (SSSR count). The Kier molecular flexibility index (Phi) is 0.948. The zero-order chi connectivity index (χ0) is 6.04. The fraction of sp³-hybridized carbons (Fsp3) is 0.250. The van der Waals surface area contributed by atoms with Crippen molar-refractivity contribution in [2.45, 2.75) is 5.79 Å². The standard InChI is InChI=1S/C4H6N4/c1-2-4(5)6-3-7-8-4/h2-3H,1,5H2. The van der Waals surface area contributed by atoms with E-state index in [1.807, 2.05) is 0 Å². The van der Waals surface area contributed by atoms with Gasteiger partial charge in [-0.05, 0) is 6.08 Å². The Morgan fingerprint density at radius 3 is 2.75 bits per heavy atom. The van der Waals surface area contributed by atoms with Crippen molar-refractivity contribution in [3.8, 4) is 0 Å². The zero-order valence-electron chi connectivity index (χ0n) is 4.28. The molecule has 4 nitrogen and oxygen atoms in total. The van der Waals surface area contributed by atoms with E-state index in [0.29, 0.717) is 0 Å². The van der Waals surface area contributed by atoms with Crippen LogP contribution < -0.4 is 5.73 Å². The number of hydrogen-bond donors (Lipinski definition) is 1. The molecule has 0 spiro atoms. The van der Waals surface area contributed by atoms with Crippen LogP contribution in [0.2, 0.25) is 0 Å². The molecule has 1 atom stereocenters. The van der Waals surface area contributed by atoms with Crippen molar-refractivity contribution in [1.82, 2.24) is 0 Å². The van der Waals surface area contributed by atoms with Gasteiger partial charge in [0.15, 0.2) is 0 Å². The van der Waals surface area contributed by atoms with Gasteiger partial charge in [0.2, 0.25) is 5.79 Å². The minimum Gasteiger partial charge on any atom is -0.283 e. The van der Waals surface area contributed by atoms with Crippen LogP contribution in [0.15, 0.2) is 27.9 Å². The lowest BCUT2D eigenvalue weighted by atomic mass is 10.4. The summed E-state index contributed by atoms with van der Waals surface area (Å²) in [5.41, 5.74) is 5.38. The average Bonchev–Trinajstić information content (AvgIpc) is 2.17. The first-order valence-electron chi connectivity index (χ1n) is 2.15. The topological polar surface area (TPSA) is 63.1 Å². The highest BCUT2D eigenvalue weighted by molar-refractivity contribution is 5.57. The van der Waals surface area contributed by atoms with Gasteiger partial charge in [0, 0.05) is 0 Å². The number of hydrogen-bond acceptors (Lipinski definition) is 4. The van der Waals surface area contributed by atoms with Gasteiger partial charge in [0.1, 0.15) is 6.34 Å². The van der Waals surface area contributed by atoms with Crippen LogP contribution in [0.1, 0.15) is 0 Å². The van der Waals surface area contributed by atoms with E-state index in [0.717, 1.165) is 0 Å². The van der Waals surface area contributed by atoms with Crippen LogP contribution in [0.5, 0.6) is 0 Å². The van der Waals surface area contributed by atoms with Gasteiger partial charge in [0.25, 0.3) is 0 Å². The van der Waals surface area contributed by atoms with Gasteiger partial charge >= 0.3 is 0 Å². The molecule has 8 heavy (non-hydrogen) atoms. The molecule has 0 fully saturated rings. The first kappa shape index (κ1) is 5.11. The summed E-state index contributed by atoms with van der Waals surface area (Å²) >= 11 is 0. The number of nitrogens with zero attached hydrogens (tertiary/aromatic N) is 3. The summed E-state index contributed by atoms with van der Waals surface area (Å²) in [5, 5.41) is 6.99. The lowest BCUT2D eigenvalue weighted by Crippen LogP contribution is -2.29. The van der Waals surface area contributed by atoms with E-state index in [9.17, 15) is 0 Å². The molecule has 1 unspecified atom stereocenters. The molecule has 1 aliphatic heterocycles. The SMILES string of the molecule is C=CC1(N)N=CN=N1. The molecule has 0 aromatic carbocycles. The molecule has 1 heterocycles. The monoisotopic (exact) mass is 110 g/mol. The van der Waals surface area contributed by atoms with Crippen molar-refractivity contribution in [3.63, 3.8) is 0 Å². The predicted molar refractivity (Wildman–Crippen MR) is 30.5 cm³/mol. The first-order chi connectivity index (χ1) is 3.77. The van der Waals surface area contributed by atoms with E-state index in [4.69, 9.17) is 5.73 Å². The van der Waals surface area contributed by atoms with Gasteiger partial charge in [-0.1, -0.05) is 6.58 Å². The van der Waals surface area contributed by atoms with Crippen LogP contribution >= 0.6 is 0 Å². The van der Waals surface area contributed by atoms with Gasteiger partial charge in [-0.15, -0.1) is 10.2 Å². The molecule has 0 aromatic rings. The van der Waals surface area contributed by atoms with E-state index in [-0.39, 0.29) is 0 Å². The predicted octanol–water partition coefficient (Wildman–Crippen LogP) is 0.279. The maximum absolute atomic E-state index is 5.38. The fourth-order valence-electron chi connectivity index (χ4n) is 0.356. The van der Waals surface area contributed by atoms with Gasteiger partial charge in [-0.25, -0.2) is 4.99 Å². The summed E-state index contributed by atoms with van der Waals surface area (Å²) in [6.45, 7) is 3.42. The molecule has 0 amide bonds. The Morgan fingerprint density at radius 1 is 1.75 bits per heavy atom. The summed E-state index contributed by atoms with van der Waals surface area (Å²) in [6.07, 6.45) is 2.74. The second kappa shape index (κ2) is 1.48. The Morgan fingerprint density at radius 2 is 2.50 bits per heavy atom. The lowest BCUT2D eigenvalue weighted by molar-refractivity contribution is 0.588. The van der Waals surface area contributed by atoms with Crippen molar-refractivity contribution in [2.24, 2.45) is 21.0 Å². The first-order valence-corrected chi connectivity index (χ1v) is 2.15. The van der Waals surface area contributed by atoms with Gasteiger partial charge < -0.3 is 0 Å². The summed E-state index contributed by atoms with van der Waals surface area (Å²) in [7, 11) is 0. The summed E-state index contributed by atoms with van der Waals surface area (Å²) in [4.78, 5) is 3.69. The molecule has 2 N–H and O–H groups in total. The molecular formula is C4H6N4. The van der Waals surface area contributed by atoms with Gasteiger partial charge in [-0.3, -0.25) is 5.73 Å². The van der Waals surface area contributed by atoms with Crippen molar-refractivity contribution in [3.05, 3.63) is 12.7 Å². The second-order valence-electron chi connectivity index (χ2n) is 1.45. The van der Waals surface area contributed by atoms with Crippen LogP contribution in [0.4, 0.5) is 0 Å². The molecule has 0 saturated carbocycles. The number of rotatable bonds is 1. The fourth-order valence-corrected chi connectivity index (χ4v) is 0.356. The van der Waals surface area contributed by atoms with E-state index >= 15 is 0 Å². The van der Waals surface area contributed by atoms with E-state index in [1.165, 1.54) is 12.4 Å². The maximum atomic E-state index is 5.38. The smallest absolute Gasteiger partial charge is 0.242 e. The van der Waals surface area contributed by atoms with E-state index in [2.05, 4.69) is 21.8 Å². The average molecular weight is 110 g/mol. The van der Waals surface area contributed by atoms with Crippen molar-refractivity contribution in [2.75, 3.05) is 0 Å². The summed E-state index contributed by atoms with van der Waals surface area (Å²) in [6, 6.07) is 0. The molecule has 0 radical (unpaired) electrons. The highest BCUT2D eigenvalue weighted by Crippen LogP contribution is 2.09. The molecule has 1 aliphatic rings. The van der Waals surface area contributed by atoms with Crippen molar-refractivity contribution in [1.29, 1.82) is 0 Å². The van der Waals surface area contributed by atoms with Crippen LogP contribution in [0.25, 0.3) is 0 Å². The number of azo groups is 1. The van der Waals surface area contributed by atoms with Crippen molar-refractivity contribution >= 4 is 6.34 Å². The Balaban J connectivity index is 2.83. The minimum absolute atomic E-state index is 0.972.